The van der Waals surface area contributed by atoms with Crippen LogP contribution in [0.4, 0.5) is 0 Å². The van der Waals surface area contributed by atoms with E-state index in [1.165, 1.54) is 22.2 Å². The van der Waals surface area contributed by atoms with Gasteiger partial charge in [0.05, 0.1) is 0 Å². The predicted molar refractivity (Wildman–Crippen MR) is 94.0 cm³/mol. The smallest absolute Gasteiger partial charge is 0.221 e. The van der Waals surface area contributed by atoms with Gasteiger partial charge in [0.25, 0.3) is 0 Å². The number of amides is 1. The fourth-order valence-corrected chi connectivity index (χ4v) is 4.08. The molecule has 2 rings (SSSR count). The molecule has 21 heavy (non-hydrogen) atoms. The van der Waals surface area contributed by atoms with Crippen molar-refractivity contribution in [1.82, 2.24) is 10.2 Å². The zero-order valence-electron chi connectivity index (χ0n) is 12.0. The van der Waals surface area contributed by atoms with Crippen molar-refractivity contribution in [2.75, 3.05) is 19.6 Å². The highest BCUT2D eigenvalue weighted by Gasteiger charge is 2.23. The number of hydrogen-bond acceptors (Lipinski definition) is 4. The molecule has 0 radical (unpaired) electrons. The van der Waals surface area contributed by atoms with Crippen LogP contribution in [0, 0.1) is 0 Å². The molecule has 1 atom stereocenters. The van der Waals surface area contributed by atoms with Crippen LogP contribution in [0.3, 0.4) is 0 Å². The van der Waals surface area contributed by atoms with Gasteiger partial charge in [-0.25, -0.2) is 0 Å². The summed E-state index contributed by atoms with van der Waals surface area (Å²) in [6.45, 7) is 3.24. The van der Waals surface area contributed by atoms with Gasteiger partial charge in [0.1, 0.15) is 0 Å². The first kappa shape index (κ1) is 18.9. The number of likely N-dealkylation sites (tertiary alicyclic amines) is 1. The van der Waals surface area contributed by atoms with E-state index in [9.17, 15) is 4.79 Å². The molecule has 3 N–H and O–H groups in total. The quantitative estimate of drug-likeness (QED) is 0.777. The van der Waals surface area contributed by atoms with E-state index in [1.54, 1.807) is 11.3 Å². The van der Waals surface area contributed by atoms with Crippen LogP contribution in [0.25, 0.3) is 0 Å². The third-order valence-corrected chi connectivity index (χ3v) is 5.60. The molecule has 1 aromatic rings. The number of hydrogen-bond donors (Lipinski definition) is 2. The molecule has 7 heteroatoms. The van der Waals surface area contributed by atoms with Crippen molar-refractivity contribution in [3.8, 4) is 0 Å². The summed E-state index contributed by atoms with van der Waals surface area (Å²) in [5.41, 5.74) is 5.40. The second-order valence-electron chi connectivity index (χ2n) is 5.15. The summed E-state index contributed by atoms with van der Waals surface area (Å²) >= 11 is 5.38. The molecule has 0 bridgehead atoms. The number of nitrogens with zero attached hydrogens (tertiary/aromatic N) is 1. The highest BCUT2D eigenvalue weighted by molar-refractivity contribution is 9.10. The summed E-state index contributed by atoms with van der Waals surface area (Å²) in [6.07, 6.45) is 4.07. The molecule has 1 amide bonds. The molecule has 1 saturated heterocycles. The molecule has 0 spiro atoms. The zero-order valence-corrected chi connectivity index (χ0v) is 15.2. The summed E-state index contributed by atoms with van der Waals surface area (Å²) in [4.78, 5) is 15.4. The number of nitrogens with one attached hydrogen (secondary N) is 1. The van der Waals surface area contributed by atoms with E-state index in [1.807, 2.05) is 0 Å². The Bertz CT molecular complexity index is 444. The SMILES string of the molecule is Cl.NCCC(=O)NCC1CCCCN1Cc1sccc1Br. The summed E-state index contributed by atoms with van der Waals surface area (Å²) < 4.78 is 1.19. The van der Waals surface area contributed by atoms with Gasteiger partial charge < -0.3 is 11.1 Å². The van der Waals surface area contributed by atoms with Crippen molar-refractivity contribution in [3.05, 3.63) is 20.8 Å². The lowest BCUT2D eigenvalue weighted by Crippen LogP contribution is -2.46. The van der Waals surface area contributed by atoms with Crippen LogP contribution in [-0.4, -0.2) is 36.5 Å². The molecule has 0 aromatic carbocycles. The van der Waals surface area contributed by atoms with Crippen LogP contribution < -0.4 is 11.1 Å². The van der Waals surface area contributed by atoms with E-state index < -0.39 is 0 Å². The summed E-state index contributed by atoms with van der Waals surface area (Å²) in [7, 11) is 0. The van der Waals surface area contributed by atoms with Gasteiger partial charge in [-0.05, 0) is 46.8 Å². The van der Waals surface area contributed by atoms with Crippen molar-refractivity contribution in [1.29, 1.82) is 0 Å². The highest BCUT2D eigenvalue weighted by Crippen LogP contribution is 2.27. The maximum Gasteiger partial charge on any atom is 0.221 e. The van der Waals surface area contributed by atoms with Gasteiger partial charge in [-0.2, -0.15) is 0 Å². The number of rotatable bonds is 6. The lowest BCUT2D eigenvalue weighted by Gasteiger charge is -2.35. The number of thiophene rings is 1. The molecule has 1 aliphatic rings. The average molecular weight is 397 g/mol. The van der Waals surface area contributed by atoms with Crippen LogP contribution in [0.1, 0.15) is 30.6 Å². The number of halogens is 2. The zero-order chi connectivity index (χ0) is 14.4. The third kappa shape index (κ3) is 5.87. The van der Waals surface area contributed by atoms with Gasteiger partial charge in [0, 0.05) is 41.4 Å². The van der Waals surface area contributed by atoms with Gasteiger partial charge in [-0.1, -0.05) is 6.42 Å². The molecule has 1 fully saturated rings. The topological polar surface area (TPSA) is 58.4 Å². The van der Waals surface area contributed by atoms with Crippen LogP contribution in [0.5, 0.6) is 0 Å². The summed E-state index contributed by atoms with van der Waals surface area (Å²) in [5.74, 6) is 0.0651. The van der Waals surface area contributed by atoms with Crippen molar-refractivity contribution >= 4 is 45.6 Å². The molecule has 1 aromatic heterocycles. The van der Waals surface area contributed by atoms with E-state index in [4.69, 9.17) is 5.73 Å². The number of carbonyl (C=O) groups excluding carboxylic acids is 1. The van der Waals surface area contributed by atoms with Crippen molar-refractivity contribution in [2.45, 2.75) is 38.3 Å². The van der Waals surface area contributed by atoms with Crippen LogP contribution >= 0.6 is 39.7 Å². The molecule has 0 saturated carbocycles. The van der Waals surface area contributed by atoms with Gasteiger partial charge in [0.2, 0.25) is 5.91 Å². The molecular formula is C14H23BrClN3OS. The fraction of sp³-hybridized carbons (Fsp3) is 0.643. The standard InChI is InChI=1S/C14H22BrN3OS.ClH/c15-12-5-8-20-13(12)10-18-7-2-1-3-11(18)9-17-14(19)4-6-16;/h5,8,11H,1-4,6-7,9-10,16H2,(H,17,19);1H. The lowest BCUT2D eigenvalue weighted by molar-refractivity contribution is -0.121. The minimum atomic E-state index is 0. The number of nitrogens with two attached hydrogens (primary N) is 1. The molecule has 4 nitrogen and oxygen atoms in total. The average Bonchev–Trinajstić information content (AvgIpc) is 2.84. The molecule has 1 unspecified atom stereocenters. The van der Waals surface area contributed by atoms with E-state index >= 15 is 0 Å². The Labute approximate surface area is 145 Å². The molecule has 120 valence electrons. The second-order valence-corrected chi connectivity index (χ2v) is 7.01. The maximum absolute atomic E-state index is 11.5. The molecule has 0 aliphatic carbocycles. The number of carbonyl (C=O) groups is 1. The Morgan fingerprint density at radius 2 is 2.33 bits per heavy atom. The van der Waals surface area contributed by atoms with Crippen LogP contribution in [0.2, 0.25) is 0 Å². The third-order valence-electron chi connectivity index (χ3n) is 3.69. The van der Waals surface area contributed by atoms with Gasteiger partial charge in [-0.3, -0.25) is 9.69 Å². The first-order valence-corrected chi connectivity index (χ1v) is 8.80. The van der Waals surface area contributed by atoms with Crippen molar-refractivity contribution < 1.29 is 4.79 Å². The Balaban J connectivity index is 0.00000220. The monoisotopic (exact) mass is 395 g/mol. The van der Waals surface area contributed by atoms with Gasteiger partial charge >= 0.3 is 0 Å². The first-order chi connectivity index (χ1) is 9.70. The number of piperidine rings is 1. The summed E-state index contributed by atoms with van der Waals surface area (Å²) in [5, 5.41) is 5.12. The van der Waals surface area contributed by atoms with Gasteiger partial charge in [-0.15, -0.1) is 23.7 Å². The Kier molecular flexibility index (Phi) is 8.82. The second kappa shape index (κ2) is 9.79. The van der Waals surface area contributed by atoms with Gasteiger partial charge in [0.15, 0.2) is 0 Å². The van der Waals surface area contributed by atoms with Crippen molar-refractivity contribution in [3.63, 3.8) is 0 Å². The van der Waals surface area contributed by atoms with E-state index in [0.29, 0.717) is 19.0 Å². The molecule has 1 aliphatic heterocycles. The fourth-order valence-electron chi connectivity index (χ4n) is 2.57. The highest BCUT2D eigenvalue weighted by atomic mass is 79.9. The largest absolute Gasteiger partial charge is 0.354 e. The van der Waals surface area contributed by atoms with Crippen LogP contribution in [0.15, 0.2) is 15.9 Å². The van der Waals surface area contributed by atoms with Crippen molar-refractivity contribution in [2.24, 2.45) is 5.73 Å². The van der Waals surface area contributed by atoms with Crippen LogP contribution in [-0.2, 0) is 11.3 Å². The maximum atomic E-state index is 11.5. The van der Waals surface area contributed by atoms with E-state index in [0.717, 1.165) is 26.1 Å². The lowest BCUT2D eigenvalue weighted by atomic mass is 10.0. The first-order valence-electron chi connectivity index (χ1n) is 7.13. The normalized spacial score (nSPS) is 19.0. The Morgan fingerprint density at radius 3 is 3.00 bits per heavy atom. The van der Waals surface area contributed by atoms with E-state index in [-0.39, 0.29) is 18.3 Å². The Hall–Kier alpha value is -0.140. The Morgan fingerprint density at radius 1 is 1.52 bits per heavy atom. The minimum Gasteiger partial charge on any atom is -0.354 e. The summed E-state index contributed by atoms with van der Waals surface area (Å²) in [6, 6.07) is 2.54. The molecular weight excluding hydrogens is 374 g/mol. The van der Waals surface area contributed by atoms with E-state index in [2.05, 4.69) is 37.6 Å². The minimum absolute atomic E-state index is 0. The molecule has 2 heterocycles. The predicted octanol–water partition coefficient (Wildman–Crippen LogP) is 2.75.